The Labute approximate surface area is 191 Å². The zero-order chi connectivity index (χ0) is 24.1. The maximum Gasteiger partial charge on any atom is 0.306 e. The minimum absolute atomic E-state index is 0.0100. The number of methoxy groups -OCH3 is 2. The number of carbonyl (C=O) groups excluding carboxylic acids is 1. The molecule has 7 nitrogen and oxygen atoms in total. The molecule has 0 radical (unpaired) electrons. The van der Waals surface area contributed by atoms with Gasteiger partial charge in [0, 0.05) is 17.0 Å². The Kier molecular flexibility index (Phi) is 7.59. The fourth-order valence-electron chi connectivity index (χ4n) is 3.14. The number of esters is 1. The lowest BCUT2D eigenvalue weighted by Gasteiger charge is -2.18. The molecule has 3 rings (SSSR count). The summed E-state index contributed by atoms with van der Waals surface area (Å²) in [6, 6.07) is 8.47. The summed E-state index contributed by atoms with van der Waals surface area (Å²) < 4.78 is 42.5. The highest BCUT2D eigenvalue weighted by molar-refractivity contribution is 7.98. The van der Waals surface area contributed by atoms with Gasteiger partial charge in [-0.2, -0.15) is 0 Å². The molecule has 3 aromatic rings. The molecule has 0 unspecified atom stereocenters. The number of aromatic hydroxyl groups is 2. The second kappa shape index (κ2) is 10.4. The molecule has 0 aliphatic heterocycles. The van der Waals surface area contributed by atoms with E-state index < -0.39 is 34.7 Å². The van der Waals surface area contributed by atoms with Crippen LogP contribution in [-0.2, 0) is 15.3 Å². The zero-order valence-electron chi connectivity index (χ0n) is 17.6. The number of phenols is 1. The van der Waals surface area contributed by atoms with E-state index in [9.17, 15) is 28.6 Å². The fourth-order valence-corrected chi connectivity index (χ4v) is 3.94. The van der Waals surface area contributed by atoms with Crippen LogP contribution in [0.4, 0.5) is 8.78 Å². The molecule has 2 aromatic carbocycles. The van der Waals surface area contributed by atoms with E-state index in [2.05, 4.69) is 0 Å². The maximum absolute atomic E-state index is 13.9. The van der Waals surface area contributed by atoms with E-state index in [0.29, 0.717) is 5.56 Å². The summed E-state index contributed by atoms with van der Waals surface area (Å²) >= 11 is 0.961. The molecule has 10 heteroatoms. The smallest absolute Gasteiger partial charge is 0.306 e. The van der Waals surface area contributed by atoms with E-state index in [4.69, 9.17) is 13.9 Å². The average molecular weight is 478 g/mol. The summed E-state index contributed by atoms with van der Waals surface area (Å²) in [5.41, 5.74) is -0.412. The molecular formula is C23H20F2O7S. The van der Waals surface area contributed by atoms with Crippen LogP contribution in [-0.4, -0.2) is 30.4 Å². The largest absolute Gasteiger partial charge is 0.504 e. The lowest BCUT2D eigenvalue weighted by atomic mass is 9.92. The van der Waals surface area contributed by atoms with Crippen molar-refractivity contribution in [3.63, 3.8) is 0 Å². The lowest BCUT2D eigenvalue weighted by molar-refractivity contribution is -0.140. The zero-order valence-corrected chi connectivity index (χ0v) is 18.4. The molecule has 0 saturated heterocycles. The second-order valence-corrected chi connectivity index (χ2v) is 7.93. The van der Waals surface area contributed by atoms with Crippen molar-refractivity contribution in [1.82, 2.24) is 0 Å². The van der Waals surface area contributed by atoms with Crippen LogP contribution in [0.1, 0.15) is 29.4 Å². The molecular weight excluding hydrogens is 458 g/mol. The van der Waals surface area contributed by atoms with Gasteiger partial charge in [0.05, 0.1) is 32.3 Å². The number of thioether (sulfide) groups is 1. The second-order valence-electron chi connectivity index (χ2n) is 6.92. The molecule has 174 valence electrons. The van der Waals surface area contributed by atoms with Crippen molar-refractivity contribution in [2.24, 2.45) is 0 Å². The van der Waals surface area contributed by atoms with Gasteiger partial charge in [0.25, 0.3) is 0 Å². The van der Waals surface area contributed by atoms with E-state index in [1.54, 1.807) is 6.07 Å². The van der Waals surface area contributed by atoms with Gasteiger partial charge in [0.2, 0.25) is 11.2 Å². The van der Waals surface area contributed by atoms with Gasteiger partial charge in [-0.15, -0.1) is 11.8 Å². The molecule has 0 amide bonds. The quantitative estimate of drug-likeness (QED) is 0.364. The number of hydrogen-bond donors (Lipinski definition) is 2. The van der Waals surface area contributed by atoms with E-state index in [0.717, 1.165) is 30.0 Å². The summed E-state index contributed by atoms with van der Waals surface area (Å²) in [6.45, 7) is 0. The van der Waals surface area contributed by atoms with Gasteiger partial charge < -0.3 is 24.1 Å². The summed E-state index contributed by atoms with van der Waals surface area (Å²) in [4.78, 5) is 24.6. The van der Waals surface area contributed by atoms with E-state index in [-0.39, 0.29) is 40.1 Å². The van der Waals surface area contributed by atoms with Crippen LogP contribution < -0.4 is 10.2 Å². The highest BCUT2D eigenvalue weighted by Crippen LogP contribution is 2.38. The van der Waals surface area contributed by atoms with Crippen molar-refractivity contribution in [3.8, 4) is 17.2 Å². The number of ether oxygens (including phenoxy) is 2. The minimum atomic E-state index is -0.977. The Morgan fingerprint density at radius 1 is 1.12 bits per heavy atom. The Hall–Kier alpha value is -3.53. The molecule has 0 aliphatic rings. The van der Waals surface area contributed by atoms with Crippen molar-refractivity contribution in [3.05, 3.63) is 81.4 Å². The van der Waals surface area contributed by atoms with Gasteiger partial charge in [0.15, 0.2) is 17.3 Å². The predicted molar refractivity (Wildman–Crippen MR) is 116 cm³/mol. The molecule has 1 atom stereocenters. The lowest BCUT2D eigenvalue weighted by Crippen LogP contribution is -2.14. The third-order valence-corrected chi connectivity index (χ3v) is 5.85. The van der Waals surface area contributed by atoms with Gasteiger partial charge >= 0.3 is 5.97 Å². The maximum atomic E-state index is 13.9. The molecule has 0 spiro atoms. The Balaban J connectivity index is 2.00. The molecule has 0 fully saturated rings. The SMILES string of the molecule is COC(=O)C[C@@H](c1ccc(OC)c(O)c1)c1oc(CSc2ccc(F)cc2F)cc(=O)c1O. The monoisotopic (exact) mass is 478 g/mol. The summed E-state index contributed by atoms with van der Waals surface area (Å²) in [5.74, 6) is -3.98. The normalized spacial score (nSPS) is 11.8. The van der Waals surface area contributed by atoms with Gasteiger partial charge in [-0.25, -0.2) is 8.78 Å². The van der Waals surface area contributed by atoms with Gasteiger partial charge in [0.1, 0.15) is 17.4 Å². The van der Waals surface area contributed by atoms with Crippen LogP contribution in [0.15, 0.2) is 56.6 Å². The summed E-state index contributed by atoms with van der Waals surface area (Å²) in [5, 5.41) is 20.6. The molecule has 0 aliphatic carbocycles. The van der Waals surface area contributed by atoms with E-state index in [1.807, 2.05) is 0 Å². The van der Waals surface area contributed by atoms with Crippen molar-refractivity contribution in [2.75, 3.05) is 14.2 Å². The van der Waals surface area contributed by atoms with Gasteiger partial charge in [-0.1, -0.05) is 6.07 Å². The molecule has 1 heterocycles. The van der Waals surface area contributed by atoms with Crippen LogP contribution in [0.25, 0.3) is 0 Å². The van der Waals surface area contributed by atoms with E-state index in [1.165, 1.54) is 32.4 Å². The van der Waals surface area contributed by atoms with E-state index >= 15 is 0 Å². The first-order chi connectivity index (χ1) is 15.7. The van der Waals surface area contributed by atoms with Crippen LogP contribution in [0, 0.1) is 11.6 Å². The number of halogens is 2. The Morgan fingerprint density at radius 3 is 2.52 bits per heavy atom. The molecule has 0 saturated carbocycles. The third kappa shape index (κ3) is 5.64. The standard InChI is InChI=1S/C23H20F2O7S/c1-30-19-5-3-12(7-17(19)26)15(10-21(28)31-2)23-22(29)18(27)9-14(32-23)11-33-20-6-4-13(24)8-16(20)25/h3-9,15,26,29H,10-11H2,1-2H3/t15-/m0/s1. The number of carbonyl (C=O) groups is 1. The molecule has 1 aromatic heterocycles. The fraction of sp³-hybridized carbons (Fsp3) is 0.217. The molecule has 2 N–H and O–H groups in total. The number of phenolic OH excluding ortho intramolecular Hbond substituents is 1. The first-order valence-corrected chi connectivity index (χ1v) is 10.6. The number of hydrogen-bond acceptors (Lipinski definition) is 8. The Morgan fingerprint density at radius 2 is 1.88 bits per heavy atom. The van der Waals surface area contributed by atoms with Gasteiger partial charge in [-0.3, -0.25) is 9.59 Å². The first-order valence-electron chi connectivity index (χ1n) is 9.61. The highest BCUT2D eigenvalue weighted by Gasteiger charge is 2.27. The van der Waals surface area contributed by atoms with Crippen molar-refractivity contribution >= 4 is 17.7 Å². The molecule has 33 heavy (non-hydrogen) atoms. The van der Waals surface area contributed by atoms with Crippen LogP contribution in [0.3, 0.4) is 0 Å². The van der Waals surface area contributed by atoms with Crippen molar-refractivity contribution in [1.29, 1.82) is 0 Å². The predicted octanol–water partition coefficient (Wildman–Crippen LogP) is 4.33. The van der Waals surface area contributed by atoms with Gasteiger partial charge in [-0.05, 0) is 29.8 Å². The first kappa shape index (κ1) is 24.1. The van der Waals surface area contributed by atoms with Crippen LogP contribution in [0.2, 0.25) is 0 Å². The van der Waals surface area contributed by atoms with Crippen molar-refractivity contribution < 1.29 is 37.7 Å². The van der Waals surface area contributed by atoms with Crippen LogP contribution >= 0.6 is 11.8 Å². The average Bonchev–Trinajstić information content (AvgIpc) is 2.79. The molecule has 0 bridgehead atoms. The van der Waals surface area contributed by atoms with Crippen molar-refractivity contribution in [2.45, 2.75) is 23.0 Å². The summed E-state index contributed by atoms with van der Waals surface area (Å²) in [7, 11) is 2.56. The third-order valence-electron chi connectivity index (χ3n) is 4.78. The topological polar surface area (TPSA) is 106 Å². The Bertz CT molecular complexity index is 1230. The van der Waals surface area contributed by atoms with Crippen LogP contribution in [0.5, 0.6) is 17.2 Å². The summed E-state index contributed by atoms with van der Waals surface area (Å²) in [6.07, 6.45) is -0.304. The number of rotatable bonds is 8. The highest BCUT2D eigenvalue weighted by atomic mass is 32.2. The number of benzene rings is 2. The minimum Gasteiger partial charge on any atom is -0.504 e.